The van der Waals surface area contributed by atoms with E-state index in [1.807, 2.05) is 12.1 Å². The molecule has 1 saturated carbocycles. The second kappa shape index (κ2) is 5.38. The molecule has 0 saturated heterocycles. The summed E-state index contributed by atoms with van der Waals surface area (Å²) in [5, 5.41) is 3.29. The van der Waals surface area contributed by atoms with Crippen molar-refractivity contribution in [3.8, 4) is 0 Å². The van der Waals surface area contributed by atoms with Gasteiger partial charge in [0.25, 0.3) is 0 Å². The van der Waals surface area contributed by atoms with Crippen molar-refractivity contribution in [2.75, 3.05) is 6.54 Å². The SMILES string of the molecule is CC1(C)CCC(NS(=O)(=O)c2cccc3c2CCNC3)C1. The first kappa shape index (κ1) is 15.0. The van der Waals surface area contributed by atoms with Gasteiger partial charge in [0.05, 0.1) is 4.90 Å². The van der Waals surface area contributed by atoms with E-state index in [2.05, 4.69) is 23.9 Å². The minimum Gasteiger partial charge on any atom is -0.312 e. The van der Waals surface area contributed by atoms with Crippen LogP contribution in [0.25, 0.3) is 0 Å². The third kappa shape index (κ3) is 3.15. The van der Waals surface area contributed by atoms with Gasteiger partial charge >= 0.3 is 0 Å². The predicted molar refractivity (Wildman–Crippen MR) is 83.6 cm³/mol. The minimum atomic E-state index is -3.41. The second-order valence-electron chi connectivity index (χ2n) is 7.05. The fourth-order valence-electron chi connectivity index (χ4n) is 3.57. The molecule has 1 atom stereocenters. The quantitative estimate of drug-likeness (QED) is 0.900. The van der Waals surface area contributed by atoms with Gasteiger partial charge in [0.1, 0.15) is 0 Å². The molecule has 3 rings (SSSR count). The van der Waals surface area contributed by atoms with Crippen molar-refractivity contribution in [3.63, 3.8) is 0 Å². The molecule has 116 valence electrons. The summed E-state index contributed by atoms with van der Waals surface area (Å²) in [7, 11) is -3.41. The van der Waals surface area contributed by atoms with Crippen LogP contribution in [0.15, 0.2) is 23.1 Å². The highest BCUT2D eigenvalue weighted by atomic mass is 32.2. The fraction of sp³-hybridized carbons (Fsp3) is 0.625. The first-order valence-corrected chi connectivity index (χ1v) is 9.20. The summed E-state index contributed by atoms with van der Waals surface area (Å²) >= 11 is 0. The maximum Gasteiger partial charge on any atom is 0.241 e. The average Bonchev–Trinajstić information content (AvgIpc) is 2.76. The van der Waals surface area contributed by atoms with E-state index in [-0.39, 0.29) is 11.5 Å². The van der Waals surface area contributed by atoms with E-state index < -0.39 is 10.0 Å². The lowest BCUT2D eigenvalue weighted by atomic mass is 9.92. The first-order valence-electron chi connectivity index (χ1n) is 7.71. The predicted octanol–water partition coefficient (Wildman–Crippen LogP) is 2.19. The maximum absolute atomic E-state index is 12.7. The Kier molecular flexibility index (Phi) is 3.84. The molecule has 1 unspecified atom stereocenters. The van der Waals surface area contributed by atoms with E-state index in [1.54, 1.807) is 6.07 Å². The fourth-order valence-corrected chi connectivity index (χ4v) is 5.15. The van der Waals surface area contributed by atoms with Crippen LogP contribution < -0.4 is 10.0 Å². The third-order valence-electron chi connectivity index (χ3n) is 4.68. The molecule has 5 heteroatoms. The summed E-state index contributed by atoms with van der Waals surface area (Å²) in [4.78, 5) is 0.478. The molecule has 0 aromatic heterocycles. The molecule has 1 aliphatic heterocycles. The molecule has 0 amide bonds. The molecule has 1 aromatic rings. The number of hydrogen-bond donors (Lipinski definition) is 2. The van der Waals surface area contributed by atoms with Crippen LogP contribution in [0, 0.1) is 5.41 Å². The van der Waals surface area contributed by atoms with Crippen molar-refractivity contribution in [1.29, 1.82) is 0 Å². The van der Waals surface area contributed by atoms with Crippen molar-refractivity contribution < 1.29 is 8.42 Å². The zero-order chi connectivity index (χ0) is 15.1. The van der Waals surface area contributed by atoms with Crippen LogP contribution in [0.1, 0.15) is 44.2 Å². The van der Waals surface area contributed by atoms with Crippen LogP contribution in [-0.2, 0) is 23.0 Å². The molecule has 1 heterocycles. The standard InChI is InChI=1S/C16H24N2O2S/c1-16(2)8-6-13(10-16)18-21(19,20)15-5-3-4-12-11-17-9-7-14(12)15/h3-5,13,17-18H,6-11H2,1-2H3. The van der Waals surface area contributed by atoms with Gasteiger partial charge in [0.2, 0.25) is 10.0 Å². The van der Waals surface area contributed by atoms with Gasteiger partial charge < -0.3 is 5.32 Å². The van der Waals surface area contributed by atoms with Gasteiger partial charge in [0.15, 0.2) is 0 Å². The van der Waals surface area contributed by atoms with Gasteiger partial charge in [-0.3, -0.25) is 0 Å². The Bertz CT molecular complexity index is 638. The number of hydrogen-bond acceptors (Lipinski definition) is 3. The molecule has 4 nitrogen and oxygen atoms in total. The molecule has 1 aliphatic carbocycles. The lowest BCUT2D eigenvalue weighted by molar-refractivity contribution is 0.372. The lowest BCUT2D eigenvalue weighted by Gasteiger charge is -2.22. The van der Waals surface area contributed by atoms with Gasteiger partial charge in [-0.2, -0.15) is 0 Å². The summed E-state index contributed by atoms with van der Waals surface area (Å²) in [6.07, 6.45) is 3.71. The third-order valence-corrected chi connectivity index (χ3v) is 6.28. The Morgan fingerprint density at radius 1 is 1.33 bits per heavy atom. The van der Waals surface area contributed by atoms with E-state index >= 15 is 0 Å². The van der Waals surface area contributed by atoms with Crippen molar-refractivity contribution >= 4 is 10.0 Å². The normalized spacial score (nSPS) is 24.8. The van der Waals surface area contributed by atoms with Crippen LogP contribution in [0.5, 0.6) is 0 Å². The number of rotatable bonds is 3. The topological polar surface area (TPSA) is 58.2 Å². The zero-order valence-electron chi connectivity index (χ0n) is 12.8. The molecule has 2 aliphatic rings. The molecule has 1 aromatic carbocycles. The summed E-state index contributed by atoms with van der Waals surface area (Å²) in [6, 6.07) is 5.67. The van der Waals surface area contributed by atoms with Gasteiger partial charge in [-0.1, -0.05) is 26.0 Å². The molecular weight excluding hydrogens is 284 g/mol. The summed E-state index contributed by atoms with van der Waals surface area (Å²) in [5.41, 5.74) is 2.34. The number of nitrogens with one attached hydrogen (secondary N) is 2. The van der Waals surface area contributed by atoms with Crippen LogP contribution in [0.3, 0.4) is 0 Å². The van der Waals surface area contributed by atoms with Crippen molar-refractivity contribution in [1.82, 2.24) is 10.0 Å². The lowest BCUT2D eigenvalue weighted by Crippen LogP contribution is -2.35. The van der Waals surface area contributed by atoms with Crippen LogP contribution in [0.2, 0.25) is 0 Å². The number of benzene rings is 1. The van der Waals surface area contributed by atoms with E-state index in [1.165, 1.54) is 0 Å². The highest BCUT2D eigenvalue weighted by molar-refractivity contribution is 7.89. The van der Waals surface area contributed by atoms with E-state index in [4.69, 9.17) is 0 Å². The summed E-state index contributed by atoms with van der Waals surface area (Å²) < 4.78 is 28.4. The Hall–Kier alpha value is -0.910. The van der Waals surface area contributed by atoms with Crippen molar-refractivity contribution in [3.05, 3.63) is 29.3 Å². The minimum absolute atomic E-state index is 0.0718. The molecule has 0 bridgehead atoms. The Morgan fingerprint density at radius 2 is 2.14 bits per heavy atom. The maximum atomic E-state index is 12.7. The zero-order valence-corrected chi connectivity index (χ0v) is 13.6. The molecule has 0 radical (unpaired) electrons. The van der Waals surface area contributed by atoms with Crippen molar-refractivity contribution in [2.24, 2.45) is 5.41 Å². The number of sulfonamides is 1. The van der Waals surface area contributed by atoms with Crippen LogP contribution >= 0.6 is 0 Å². The largest absolute Gasteiger partial charge is 0.312 e. The van der Waals surface area contributed by atoms with Crippen molar-refractivity contribution in [2.45, 2.75) is 57.0 Å². The average molecular weight is 308 g/mol. The van der Waals surface area contributed by atoms with E-state index in [9.17, 15) is 8.42 Å². The highest BCUT2D eigenvalue weighted by Crippen LogP contribution is 2.37. The van der Waals surface area contributed by atoms with Gasteiger partial charge in [-0.05, 0) is 54.8 Å². The van der Waals surface area contributed by atoms with Gasteiger partial charge in [0, 0.05) is 12.6 Å². The number of fused-ring (bicyclic) bond motifs is 1. The Morgan fingerprint density at radius 3 is 2.86 bits per heavy atom. The van der Waals surface area contributed by atoms with E-state index in [0.717, 1.165) is 49.9 Å². The molecule has 2 N–H and O–H groups in total. The Labute approximate surface area is 127 Å². The van der Waals surface area contributed by atoms with E-state index in [0.29, 0.717) is 4.90 Å². The monoisotopic (exact) mass is 308 g/mol. The summed E-state index contributed by atoms with van der Waals surface area (Å²) in [6.45, 7) is 6.01. The second-order valence-corrected chi connectivity index (χ2v) is 8.73. The highest BCUT2D eigenvalue weighted by Gasteiger charge is 2.34. The molecule has 1 fully saturated rings. The molecule has 21 heavy (non-hydrogen) atoms. The van der Waals surface area contributed by atoms with Crippen LogP contribution in [0.4, 0.5) is 0 Å². The van der Waals surface area contributed by atoms with Crippen LogP contribution in [-0.4, -0.2) is 21.0 Å². The Balaban J connectivity index is 1.86. The molecule has 0 spiro atoms. The summed E-state index contributed by atoms with van der Waals surface area (Å²) in [5.74, 6) is 0. The first-order chi connectivity index (χ1) is 9.87. The smallest absolute Gasteiger partial charge is 0.241 e. The molecular formula is C16H24N2O2S. The van der Waals surface area contributed by atoms with Gasteiger partial charge in [-0.25, -0.2) is 13.1 Å². The van der Waals surface area contributed by atoms with Gasteiger partial charge in [-0.15, -0.1) is 0 Å².